The molecule has 10 nitrogen and oxygen atoms in total. The largest absolute Gasteiger partial charge is 0.437 e. The number of benzene rings is 2. The zero-order valence-corrected chi connectivity index (χ0v) is 25.3. The number of piperazine rings is 1. The maximum atomic E-state index is 13.9. The molecule has 0 aliphatic carbocycles. The summed E-state index contributed by atoms with van der Waals surface area (Å²) in [6.07, 6.45) is -2.05. The first-order chi connectivity index (χ1) is 22.1. The second-order valence-electron chi connectivity index (χ2n) is 11.5. The highest BCUT2D eigenvalue weighted by molar-refractivity contribution is 6.03. The van der Waals surface area contributed by atoms with Gasteiger partial charge in [-0.1, -0.05) is 48.0 Å². The maximum absolute atomic E-state index is 13.9. The molecule has 240 valence electrons. The van der Waals surface area contributed by atoms with Gasteiger partial charge in [0.2, 0.25) is 5.76 Å². The summed E-state index contributed by atoms with van der Waals surface area (Å²) in [5, 5.41) is 5.36. The summed E-state index contributed by atoms with van der Waals surface area (Å²) in [5.74, 6) is -1.04. The van der Waals surface area contributed by atoms with Crippen molar-refractivity contribution in [2.45, 2.75) is 31.9 Å². The molecule has 2 aliphatic heterocycles. The first-order valence-electron chi connectivity index (χ1n) is 15.2. The van der Waals surface area contributed by atoms with Crippen molar-refractivity contribution in [2.75, 3.05) is 59.7 Å². The Balaban J connectivity index is 1.05. The Labute approximate surface area is 264 Å². The lowest BCUT2D eigenvalue weighted by atomic mass is 9.90. The number of nitrogens with one attached hydrogen (secondary N) is 2. The van der Waals surface area contributed by atoms with Crippen molar-refractivity contribution in [3.8, 4) is 0 Å². The molecule has 4 heterocycles. The smallest absolute Gasteiger partial charge is 0.417 e. The Morgan fingerprint density at radius 2 is 1.50 bits per heavy atom. The fraction of sp³-hybridized carbons (Fsp3) is 0.333. The molecule has 13 heteroatoms. The number of oxazole rings is 1. The number of rotatable bonds is 6. The molecular weight excluding hydrogens is 599 g/mol. The van der Waals surface area contributed by atoms with Crippen LogP contribution in [-0.4, -0.2) is 66.1 Å². The Bertz CT molecular complexity index is 1640. The van der Waals surface area contributed by atoms with Crippen molar-refractivity contribution in [1.82, 2.24) is 14.9 Å². The average Bonchev–Trinajstić information content (AvgIpc) is 3.54. The number of hydrogen-bond donors (Lipinski definition) is 2. The van der Waals surface area contributed by atoms with Crippen molar-refractivity contribution < 1.29 is 27.2 Å². The zero-order valence-electron chi connectivity index (χ0n) is 25.3. The Morgan fingerprint density at radius 3 is 2.13 bits per heavy atom. The van der Waals surface area contributed by atoms with Crippen LogP contribution < -0.4 is 20.4 Å². The first kappa shape index (κ1) is 30.9. The number of aryl methyl sites for hydroxylation is 1. The lowest BCUT2D eigenvalue weighted by Crippen LogP contribution is -2.50. The summed E-state index contributed by atoms with van der Waals surface area (Å²) in [5.41, 5.74) is 1.87. The van der Waals surface area contributed by atoms with Crippen LogP contribution in [0.2, 0.25) is 0 Å². The predicted octanol–water partition coefficient (Wildman–Crippen LogP) is 6.39. The van der Waals surface area contributed by atoms with Gasteiger partial charge in [-0.3, -0.25) is 4.79 Å². The van der Waals surface area contributed by atoms with E-state index in [2.05, 4.69) is 20.6 Å². The van der Waals surface area contributed by atoms with Gasteiger partial charge in [0.1, 0.15) is 5.82 Å². The van der Waals surface area contributed by atoms with E-state index in [1.54, 1.807) is 21.9 Å². The summed E-state index contributed by atoms with van der Waals surface area (Å²) in [6.45, 7) is 4.93. The van der Waals surface area contributed by atoms with E-state index < -0.39 is 23.5 Å². The van der Waals surface area contributed by atoms with Gasteiger partial charge in [0.15, 0.2) is 5.69 Å². The van der Waals surface area contributed by atoms with Crippen molar-refractivity contribution in [1.29, 1.82) is 0 Å². The molecule has 2 aromatic heterocycles. The lowest BCUT2D eigenvalue weighted by molar-refractivity contribution is -0.141. The van der Waals surface area contributed by atoms with E-state index in [1.165, 1.54) is 11.8 Å². The molecule has 0 unspecified atom stereocenters. The van der Waals surface area contributed by atoms with Gasteiger partial charge in [-0.05, 0) is 55.5 Å². The van der Waals surface area contributed by atoms with E-state index >= 15 is 0 Å². The van der Waals surface area contributed by atoms with Gasteiger partial charge >= 0.3 is 12.2 Å². The summed E-state index contributed by atoms with van der Waals surface area (Å²) in [4.78, 5) is 39.1. The van der Waals surface area contributed by atoms with Crippen LogP contribution in [0.15, 0.2) is 77.3 Å². The van der Waals surface area contributed by atoms with Crippen molar-refractivity contribution >= 4 is 35.1 Å². The normalized spacial score (nSPS) is 16.0. The molecule has 2 saturated heterocycles. The standard InChI is InChI=1S/C33H34F3N7O3/c1-22-7-9-25(10-8-22)39-31(45)42-19-17-41(18-20-42)27-12-11-26(21-37-27)38-30(44)28-29(33(34,35)36)40-32(46-28)43-15-13-24(14-16-43)23-5-3-2-4-6-23/h2-12,21,24H,13-20H2,1H3,(H,38,44)(H,39,45). The Kier molecular flexibility index (Phi) is 8.82. The van der Waals surface area contributed by atoms with Gasteiger partial charge in [0.05, 0.1) is 11.9 Å². The predicted molar refractivity (Wildman–Crippen MR) is 168 cm³/mol. The van der Waals surface area contributed by atoms with Crippen LogP contribution >= 0.6 is 0 Å². The Morgan fingerprint density at radius 1 is 0.826 bits per heavy atom. The summed E-state index contributed by atoms with van der Waals surface area (Å²) in [7, 11) is 0. The quantitative estimate of drug-likeness (QED) is 0.254. The van der Waals surface area contributed by atoms with Gasteiger partial charge in [0, 0.05) is 45.0 Å². The summed E-state index contributed by atoms with van der Waals surface area (Å²) < 4.78 is 47.2. The van der Waals surface area contributed by atoms with Crippen LogP contribution in [-0.2, 0) is 6.18 Å². The van der Waals surface area contributed by atoms with Crippen LogP contribution in [0.3, 0.4) is 0 Å². The molecule has 2 aliphatic rings. The fourth-order valence-electron chi connectivity index (χ4n) is 5.73. The summed E-state index contributed by atoms with van der Waals surface area (Å²) in [6, 6.07) is 20.4. The number of anilines is 4. The monoisotopic (exact) mass is 633 g/mol. The van der Waals surface area contributed by atoms with E-state index in [4.69, 9.17) is 4.42 Å². The fourth-order valence-corrected chi connectivity index (χ4v) is 5.73. The molecule has 2 N–H and O–H groups in total. The maximum Gasteiger partial charge on any atom is 0.437 e. The number of amides is 3. The molecule has 0 atom stereocenters. The number of pyridine rings is 1. The van der Waals surface area contributed by atoms with Crippen LogP contribution in [0.25, 0.3) is 0 Å². The Hall–Kier alpha value is -5.07. The topological polar surface area (TPSA) is 107 Å². The van der Waals surface area contributed by atoms with Crippen LogP contribution in [0.4, 0.5) is 41.2 Å². The zero-order chi connectivity index (χ0) is 32.3. The van der Waals surface area contributed by atoms with Gasteiger partial charge in [-0.15, -0.1) is 0 Å². The average molecular weight is 634 g/mol. The van der Waals surface area contributed by atoms with Crippen LogP contribution in [0, 0.1) is 6.92 Å². The highest BCUT2D eigenvalue weighted by Crippen LogP contribution is 2.36. The molecule has 2 fully saturated rings. The van der Waals surface area contributed by atoms with Crippen molar-refractivity contribution in [3.63, 3.8) is 0 Å². The molecule has 0 bridgehead atoms. The second kappa shape index (κ2) is 13.1. The van der Waals surface area contributed by atoms with Crippen LogP contribution in [0.1, 0.15) is 46.1 Å². The number of alkyl halides is 3. The molecule has 46 heavy (non-hydrogen) atoms. The number of carbonyl (C=O) groups is 2. The van der Waals surface area contributed by atoms with Gasteiger partial charge < -0.3 is 29.8 Å². The number of halogens is 3. The van der Waals surface area contributed by atoms with Gasteiger partial charge in [-0.2, -0.15) is 18.2 Å². The summed E-state index contributed by atoms with van der Waals surface area (Å²) >= 11 is 0. The molecule has 0 saturated carbocycles. The van der Waals surface area contributed by atoms with Crippen molar-refractivity contribution in [2.24, 2.45) is 0 Å². The molecule has 0 radical (unpaired) electrons. The second-order valence-corrected chi connectivity index (χ2v) is 11.5. The SMILES string of the molecule is Cc1ccc(NC(=O)N2CCN(c3ccc(NC(=O)c4oc(N5CCC(c6ccccc6)CC5)nc4C(F)(F)F)cn3)CC2)cc1. The first-order valence-corrected chi connectivity index (χ1v) is 15.2. The van der Waals surface area contributed by atoms with E-state index in [0.29, 0.717) is 51.0 Å². The van der Waals surface area contributed by atoms with Crippen molar-refractivity contribution in [3.05, 3.63) is 95.5 Å². The number of hydrogen-bond acceptors (Lipinski definition) is 7. The van der Waals surface area contributed by atoms with Gasteiger partial charge in [0.25, 0.3) is 11.9 Å². The molecule has 0 spiro atoms. The number of nitrogens with zero attached hydrogens (tertiary/aromatic N) is 5. The number of urea groups is 1. The van der Waals surface area contributed by atoms with Crippen LogP contribution in [0.5, 0.6) is 0 Å². The minimum Gasteiger partial charge on any atom is -0.417 e. The lowest BCUT2D eigenvalue weighted by Gasteiger charge is -2.35. The highest BCUT2D eigenvalue weighted by atomic mass is 19.4. The molecule has 3 amide bonds. The molecule has 4 aromatic rings. The third-order valence-electron chi connectivity index (χ3n) is 8.33. The molecule has 6 rings (SSSR count). The third-order valence-corrected chi connectivity index (χ3v) is 8.33. The third kappa shape index (κ3) is 7.08. The van der Waals surface area contributed by atoms with E-state index in [1.807, 2.05) is 66.4 Å². The number of carbonyl (C=O) groups excluding carboxylic acids is 2. The molecule has 2 aromatic carbocycles. The number of piperidine rings is 1. The van der Waals surface area contributed by atoms with E-state index in [0.717, 1.165) is 24.1 Å². The van der Waals surface area contributed by atoms with E-state index in [-0.39, 0.29) is 17.7 Å². The highest BCUT2D eigenvalue weighted by Gasteiger charge is 2.42. The molecular formula is C33H34F3N7O3. The minimum absolute atomic E-state index is 0.181. The number of aromatic nitrogens is 2. The van der Waals surface area contributed by atoms with E-state index in [9.17, 15) is 22.8 Å². The minimum atomic E-state index is -4.88. The van der Waals surface area contributed by atoms with Gasteiger partial charge in [-0.25, -0.2) is 9.78 Å².